The lowest BCUT2D eigenvalue weighted by Gasteiger charge is -2.20. The van der Waals surface area contributed by atoms with Crippen molar-refractivity contribution in [1.82, 2.24) is 4.90 Å². The zero-order valence-corrected chi connectivity index (χ0v) is 16.4. The van der Waals surface area contributed by atoms with Crippen molar-refractivity contribution < 1.29 is 19.2 Å². The maximum absolute atomic E-state index is 12.4. The number of methoxy groups -OCH3 is 1. The molecule has 2 N–H and O–H groups in total. The standard InChI is InChI=1S/C21H27N3O3/c1-16-8-10-18(11-9-16)22-20(25)14-24(3)21(26)15-23(2)13-17-6-5-7-19(12-17)27-4/h5-12H,13-15H2,1-4H3,(H,22,25)/p+1. The largest absolute Gasteiger partial charge is 0.497 e. The van der Waals surface area contributed by atoms with Crippen LogP contribution in [0.1, 0.15) is 11.1 Å². The van der Waals surface area contributed by atoms with Crippen LogP contribution in [-0.2, 0) is 16.1 Å². The second kappa shape index (κ2) is 9.73. The highest BCUT2D eigenvalue weighted by Crippen LogP contribution is 2.11. The minimum Gasteiger partial charge on any atom is -0.497 e. The molecule has 0 spiro atoms. The van der Waals surface area contributed by atoms with Gasteiger partial charge in [-0.25, -0.2) is 0 Å². The van der Waals surface area contributed by atoms with Crippen LogP contribution in [0.4, 0.5) is 5.69 Å². The molecule has 1 unspecified atom stereocenters. The molecule has 6 nitrogen and oxygen atoms in total. The maximum atomic E-state index is 12.4. The van der Waals surface area contributed by atoms with Crippen LogP contribution in [0.5, 0.6) is 5.75 Å². The van der Waals surface area contributed by atoms with Crippen LogP contribution in [0.15, 0.2) is 48.5 Å². The summed E-state index contributed by atoms with van der Waals surface area (Å²) in [5, 5.41) is 2.81. The normalized spacial score (nSPS) is 11.6. The molecule has 2 rings (SSSR count). The number of likely N-dealkylation sites (N-methyl/N-ethyl adjacent to an activating group) is 2. The van der Waals surface area contributed by atoms with E-state index in [4.69, 9.17) is 4.74 Å². The number of hydrogen-bond donors (Lipinski definition) is 2. The number of amides is 2. The van der Waals surface area contributed by atoms with Gasteiger partial charge in [-0.05, 0) is 31.2 Å². The van der Waals surface area contributed by atoms with Gasteiger partial charge < -0.3 is 19.9 Å². The van der Waals surface area contributed by atoms with E-state index < -0.39 is 0 Å². The minimum atomic E-state index is -0.208. The van der Waals surface area contributed by atoms with Gasteiger partial charge in [0.15, 0.2) is 6.54 Å². The van der Waals surface area contributed by atoms with Gasteiger partial charge in [0.2, 0.25) is 5.91 Å². The smallest absolute Gasteiger partial charge is 0.277 e. The quantitative estimate of drug-likeness (QED) is 0.732. The van der Waals surface area contributed by atoms with E-state index in [2.05, 4.69) is 5.32 Å². The predicted octanol–water partition coefficient (Wildman–Crippen LogP) is 1.12. The molecule has 0 saturated carbocycles. The summed E-state index contributed by atoms with van der Waals surface area (Å²) in [6, 6.07) is 15.4. The highest BCUT2D eigenvalue weighted by atomic mass is 16.5. The van der Waals surface area contributed by atoms with Crippen LogP contribution in [0.25, 0.3) is 0 Å². The third kappa shape index (κ3) is 6.75. The van der Waals surface area contributed by atoms with Gasteiger partial charge in [-0.2, -0.15) is 0 Å². The van der Waals surface area contributed by atoms with E-state index in [0.717, 1.165) is 27.5 Å². The lowest BCUT2D eigenvalue weighted by Crippen LogP contribution is -3.08. The Bertz CT molecular complexity index is 774. The number of nitrogens with one attached hydrogen (secondary N) is 2. The lowest BCUT2D eigenvalue weighted by molar-refractivity contribution is -0.885. The molecular weight excluding hydrogens is 342 g/mol. The molecule has 0 aliphatic rings. The molecular formula is C21H28N3O3+. The molecule has 1 atom stereocenters. The summed E-state index contributed by atoms with van der Waals surface area (Å²) in [6.07, 6.45) is 0. The first-order valence-electron chi connectivity index (χ1n) is 8.92. The maximum Gasteiger partial charge on any atom is 0.277 e. The third-order valence-electron chi connectivity index (χ3n) is 4.23. The summed E-state index contributed by atoms with van der Waals surface area (Å²) in [5.74, 6) is 0.520. The Morgan fingerprint density at radius 3 is 2.52 bits per heavy atom. The SMILES string of the molecule is COc1cccc(C[NH+](C)CC(=O)N(C)CC(=O)Nc2ccc(C)cc2)c1. The lowest BCUT2D eigenvalue weighted by atomic mass is 10.2. The first kappa shape index (κ1) is 20.5. The molecule has 0 saturated heterocycles. The Balaban J connectivity index is 1.81. The van der Waals surface area contributed by atoms with Gasteiger partial charge in [0.1, 0.15) is 12.3 Å². The average molecular weight is 370 g/mol. The van der Waals surface area contributed by atoms with Crippen molar-refractivity contribution in [2.24, 2.45) is 0 Å². The fraction of sp³-hybridized carbons (Fsp3) is 0.333. The molecule has 0 heterocycles. The summed E-state index contributed by atoms with van der Waals surface area (Å²) in [7, 11) is 5.24. The van der Waals surface area contributed by atoms with Crippen LogP contribution >= 0.6 is 0 Å². The van der Waals surface area contributed by atoms with Crippen LogP contribution in [0, 0.1) is 6.92 Å². The van der Waals surface area contributed by atoms with Crippen molar-refractivity contribution in [1.29, 1.82) is 0 Å². The van der Waals surface area contributed by atoms with Crippen LogP contribution < -0.4 is 15.0 Å². The Morgan fingerprint density at radius 1 is 1.15 bits per heavy atom. The molecule has 27 heavy (non-hydrogen) atoms. The predicted molar refractivity (Wildman–Crippen MR) is 106 cm³/mol. The van der Waals surface area contributed by atoms with Crippen molar-refractivity contribution in [2.75, 3.05) is 39.6 Å². The Hall–Kier alpha value is -2.86. The van der Waals surface area contributed by atoms with Gasteiger partial charge in [-0.15, -0.1) is 0 Å². The summed E-state index contributed by atoms with van der Waals surface area (Å²) in [6.45, 7) is 3.03. The third-order valence-corrected chi connectivity index (χ3v) is 4.23. The Kier molecular flexibility index (Phi) is 7.37. The first-order chi connectivity index (χ1) is 12.9. The molecule has 0 aromatic heterocycles. The van der Waals surface area contributed by atoms with Gasteiger partial charge in [0.25, 0.3) is 5.91 Å². The number of anilines is 1. The molecule has 2 aromatic carbocycles. The second-order valence-electron chi connectivity index (χ2n) is 6.83. The number of benzene rings is 2. The van der Waals surface area contributed by atoms with E-state index in [1.807, 2.05) is 62.5 Å². The number of hydrogen-bond acceptors (Lipinski definition) is 3. The fourth-order valence-corrected chi connectivity index (χ4v) is 2.73. The van der Waals surface area contributed by atoms with Crippen molar-refractivity contribution in [3.8, 4) is 5.75 Å². The summed E-state index contributed by atoms with van der Waals surface area (Å²) in [4.78, 5) is 27.0. The average Bonchev–Trinajstić information content (AvgIpc) is 2.63. The topological polar surface area (TPSA) is 63.1 Å². The number of rotatable bonds is 8. The number of aryl methyl sites for hydroxylation is 1. The fourth-order valence-electron chi connectivity index (χ4n) is 2.73. The summed E-state index contributed by atoms with van der Waals surface area (Å²) in [5.41, 5.74) is 2.95. The van der Waals surface area contributed by atoms with Crippen molar-refractivity contribution in [2.45, 2.75) is 13.5 Å². The van der Waals surface area contributed by atoms with E-state index >= 15 is 0 Å². The van der Waals surface area contributed by atoms with Gasteiger partial charge in [0, 0.05) is 18.3 Å². The zero-order chi connectivity index (χ0) is 19.8. The Morgan fingerprint density at radius 2 is 1.85 bits per heavy atom. The van der Waals surface area contributed by atoms with Crippen LogP contribution in [0.2, 0.25) is 0 Å². The van der Waals surface area contributed by atoms with Crippen LogP contribution in [0.3, 0.4) is 0 Å². The van der Waals surface area contributed by atoms with Crippen LogP contribution in [-0.4, -0.2) is 51.0 Å². The molecule has 0 bridgehead atoms. The molecule has 0 aliphatic heterocycles. The molecule has 2 aromatic rings. The van der Waals surface area contributed by atoms with E-state index in [1.54, 1.807) is 14.2 Å². The minimum absolute atomic E-state index is 0.0269. The summed E-state index contributed by atoms with van der Waals surface area (Å²) < 4.78 is 5.23. The van der Waals surface area contributed by atoms with E-state index in [9.17, 15) is 9.59 Å². The van der Waals surface area contributed by atoms with Gasteiger partial charge in [-0.3, -0.25) is 9.59 Å². The molecule has 0 fully saturated rings. The van der Waals surface area contributed by atoms with Gasteiger partial charge >= 0.3 is 0 Å². The van der Waals surface area contributed by atoms with Crippen molar-refractivity contribution in [3.05, 3.63) is 59.7 Å². The molecule has 0 radical (unpaired) electrons. The van der Waals surface area contributed by atoms with E-state index in [-0.39, 0.29) is 18.4 Å². The van der Waals surface area contributed by atoms with Crippen molar-refractivity contribution in [3.63, 3.8) is 0 Å². The number of carbonyl (C=O) groups excluding carboxylic acids is 2. The molecule has 6 heteroatoms. The van der Waals surface area contributed by atoms with Crippen molar-refractivity contribution >= 4 is 17.5 Å². The molecule has 144 valence electrons. The highest BCUT2D eigenvalue weighted by Gasteiger charge is 2.17. The monoisotopic (exact) mass is 370 g/mol. The first-order valence-corrected chi connectivity index (χ1v) is 8.92. The molecule has 0 aliphatic carbocycles. The van der Waals surface area contributed by atoms with Gasteiger partial charge in [0.05, 0.1) is 20.7 Å². The number of ether oxygens (including phenoxy) is 1. The number of quaternary nitrogens is 1. The number of nitrogens with zero attached hydrogens (tertiary/aromatic N) is 1. The zero-order valence-electron chi connectivity index (χ0n) is 16.4. The second-order valence-corrected chi connectivity index (χ2v) is 6.83. The highest BCUT2D eigenvalue weighted by molar-refractivity contribution is 5.94. The molecule has 2 amide bonds. The Labute approximate surface area is 160 Å². The summed E-state index contributed by atoms with van der Waals surface area (Å²) >= 11 is 0. The van der Waals surface area contributed by atoms with E-state index in [1.165, 1.54) is 4.90 Å². The van der Waals surface area contributed by atoms with Gasteiger partial charge in [-0.1, -0.05) is 29.8 Å². The van der Waals surface area contributed by atoms with E-state index in [0.29, 0.717) is 13.1 Å². The number of carbonyl (C=O) groups is 2.